The Morgan fingerprint density at radius 3 is 2.63 bits per heavy atom. The molecule has 1 aliphatic heterocycles. The number of nitrogens with zero attached hydrogens (tertiary/aromatic N) is 2. The molecule has 0 spiro atoms. The molecule has 7 heteroatoms. The molecule has 146 valence electrons. The van der Waals surface area contributed by atoms with Crippen molar-refractivity contribution in [3.8, 4) is 0 Å². The van der Waals surface area contributed by atoms with Crippen LogP contribution in [-0.4, -0.2) is 57.3 Å². The van der Waals surface area contributed by atoms with Gasteiger partial charge in [-0.05, 0) is 29.8 Å². The maximum atomic E-state index is 13.3. The fraction of sp³-hybridized carbons (Fsp3) is 0.450. The molecule has 2 heterocycles. The van der Waals surface area contributed by atoms with Crippen LogP contribution in [0.25, 0.3) is 0 Å². The summed E-state index contributed by atoms with van der Waals surface area (Å²) in [5.41, 5.74) is 1.08. The minimum absolute atomic E-state index is 0.123. The average molecular weight is 374 g/mol. The van der Waals surface area contributed by atoms with E-state index in [2.05, 4.69) is 20.5 Å². The van der Waals surface area contributed by atoms with Gasteiger partial charge >= 0.3 is 0 Å². The van der Waals surface area contributed by atoms with Crippen molar-refractivity contribution < 1.29 is 13.5 Å². The van der Waals surface area contributed by atoms with Gasteiger partial charge in [-0.25, -0.2) is 4.39 Å². The highest BCUT2D eigenvalue weighted by molar-refractivity contribution is 5.79. The number of guanidine groups is 1. The maximum Gasteiger partial charge on any atom is 0.191 e. The van der Waals surface area contributed by atoms with E-state index in [0.717, 1.165) is 43.3 Å². The number of hydrogen-bond donors (Lipinski definition) is 2. The van der Waals surface area contributed by atoms with Crippen molar-refractivity contribution in [1.29, 1.82) is 0 Å². The molecule has 6 nitrogen and oxygen atoms in total. The molecule has 2 aromatic rings. The van der Waals surface area contributed by atoms with Gasteiger partial charge < -0.3 is 19.8 Å². The highest BCUT2D eigenvalue weighted by Crippen LogP contribution is 2.21. The fourth-order valence-corrected chi connectivity index (χ4v) is 3.20. The van der Waals surface area contributed by atoms with Gasteiger partial charge in [0, 0.05) is 39.6 Å². The van der Waals surface area contributed by atoms with Crippen LogP contribution in [0.5, 0.6) is 0 Å². The predicted molar refractivity (Wildman–Crippen MR) is 103 cm³/mol. The van der Waals surface area contributed by atoms with Crippen molar-refractivity contribution in [3.63, 3.8) is 0 Å². The number of nitrogens with one attached hydrogen (secondary N) is 2. The van der Waals surface area contributed by atoms with Gasteiger partial charge in [0.2, 0.25) is 0 Å². The Morgan fingerprint density at radius 2 is 1.96 bits per heavy atom. The van der Waals surface area contributed by atoms with Crippen molar-refractivity contribution in [1.82, 2.24) is 15.5 Å². The van der Waals surface area contributed by atoms with Crippen LogP contribution in [0.3, 0.4) is 0 Å². The quantitative estimate of drug-likeness (QED) is 0.575. The van der Waals surface area contributed by atoms with E-state index in [-0.39, 0.29) is 11.9 Å². The molecule has 0 radical (unpaired) electrons. The minimum atomic E-state index is -0.220. The molecule has 1 aliphatic rings. The number of halogens is 1. The van der Waals surface area contributed by atoms with Crippen molar-refractivity contribution in [2.75, 3.05) is 46.4 Å². The Kier molecular flexibility index (Phi) is 7.24. The largest absolute Gasteiger partial charge is 0.469 e. The molecule has 1 saturated heterocycles. The van der Waals surface area contributed by atoms with Gasteiger partial charge in [0.15, 0.2) is 5.96 Å². The number of aliphatic imine (C=N–C) groups is 1. The van der Waals surface area contributed by atoms with Crippen LogP contribution >= 0.6 is 0 Å². The zero-order valence-corrected chi connectivity index (χ0v) is 15.7. The molecule has 1 atom stereocenters. The molecular formula is C20H27FN4O2. The van der Waals surface area contributed by atoms with Gasteiger partial charge in [-0.2, -0.15) is 0 Å². The van der Waals surface area contributed by atoms with Crippen molar-refractivity contribution in [2.24, 2.45) is 4.99 Å². The standard InChI is InChI=1S/C20H27FN4O2/c1-22-20(23-9-8-18-3-2-12-27-18)24-15-19(25-10-13-26-14-11-25)16-4-6-17(21)7-5-16/h2-7,12,19H,8-11,13-15H2,1H3,(H2,22,23,24). The molecular weight excluding hydrogens is 347 g/mol. The number of benzene rings is 1. The number of rotatable bonds is 7. The van der Waals surface area contributed by atoms with Gasteiger partial charge in [0.05, 0.1) is 25.5 Å². The molecule has 27 heavy (non-hydrogen) atoms. The zero-order chi connectivity index (χ0) is 18.9. The lowest BCUT2D eigenvalue weighted by Crippen LogP contribution is -2.46. The average Bonchev–Trinajstić information content (AvgIpc) is 3.22. The fourth-order valence-electron chi connectivity index (χ4n) is 3.20. The van der Waals surface area contributed by atoms with Crippen LogP contribution in [0.1, 0.15) is 17.4 Å². The molecule has 1 aromatic carbocycles. The highest BCUT2D eigenvalue weighted by Gasteiger charge is 2.23. The molecule has 2 N–H and O–H groups in total. The zero-order valence-electron chi connectivity index (χ0n) is 15.7. The summed E-state index contributed by atoms with van der Waals surface area (Å²) in [5.74, 6) is 1.46. The van der Waals surface area contributed by atoms with E-state index in [1.165, 1.54) is 12.1 Å². The van der Waals surface area contributed by atoms with Crippen LogP contribution in [0, 0.1) is 5.82 Å². The Bertz CT molecular complexity index is 697. The van der Waals surface area contributed by atoms with E-state index in [9.17, 15) is 4.39 Å². The summed E-state index contributed by atoms with van der Waals surface area (Å²) in [6, 6.07) is 10.7. The topological polar surface area (TPSA) is 62.0 Å². The third-order valence-corrected chi connectivity index (χ3v) is 4.67. The van der Waals surface area contributed by atoms with Crippen molar-refractivity contribution in [2.45, 2.75) is 12.5 Å². The third kappa shape index (κ3) is 5.80. The van der Waals surface area contributed by atoms with E-state index in [4.69, 9.17) is 9.15 Å². The number of hydrogen-bond acceptors (Lipinski definition) is 4. The summed E-state index contributed by atoms with van der Waals surface area (Å²) >= 11 is 0. The molecule has 1 unspecified atom stereocenters. The van der Waals surface area contributed by atoms with E-state index >= 15 is 0 Å². The van der Waals surface area contributed by atoms with Crippen LogP contribution in [0.15, 0.2) is 52.1 Å². The Morgan fingerprint density at radius 1 is 1.19 bits per heavy atom. The Labute approximate surface area is 159 Å². The Balaban J connectivity index is 1.57. The lowest BCUT2D eigenvalue weighted by atomic mass is 10.0. The second-order valence-electron chi connectivity index (χ2n) is 6.42. The maximum absolute atomic E-state index is 13.3. The summed E-state index contributed by atoms with van der Waals surface area (Å²) in [6.45, 7) is 4.54. The summed E-state index contributed by atoms with van der Waals surface area (Å²) in [5, 5.41) is 6.69. The summed E-state index contributed by atoms with van der Waals surface area (Å²) in [4.78, 5) is 6.65. The first kappa shape index (κ1) is 19.4. The van der Waals surface area contributed by atoms with Crippen LogP contribution in [-0.2, 0) is 11.2 Å². The smallest absolute Gasteiger partial charge is 0.191 e. The SMILES string of the molecule is CN=C(NCCc1ccco1)NCC(c1ccc(F)cc1)N1CCOCC1. The number of furan rings is 1. The van der Waals surface area contributed by atoms with Gasteiger partial charge in [0.25, 0.3) is 0 Å². The lowest BCUT2D eigenvalue weighted by molar-refractivity contribution is 0.0170. The molecule has 3 rings (SSSR count). The molecule has 0 saturated carbocycles. The lowest BCUT2D eigenvalue weighted by Gasteiger charge is -2.35. The van der Waals surface area contributed by atoms with Gasteiger partial charge in [-0.1, -0.05) is 12.1 Å². The third-order valence-electron chi connectivity index (χ3n) is 4.67. The van der Waals surface area contributed by atoms with Crippen LogP contribution in [0.2, 0.25) is 0 Å². The van der Waals surface area contributed by atoms with Crippen LogP contribution < -0.4 is 10.6 Å². The Hall–Kier alpha value is -2.38. The van der Waals surface area contributed by atoms with E-state index < -0.39 is 0 Å². The number of morpholine rings is 1. The summed E-state index contributed by atoms with van der Waals surface area (Å²) in [6.07, 6.45) is 2.47. The molecule has 1 fully saturated rings. The van der Waals surface area contributed by atoms with Crippen molar-refractivity contribution >= 4 is 5.96 Å². The van der Waals surface area contributed by atoms with Crippen molar-refractivity contribution in [3.05, 3.63) is 59.8 Å². The number of ether oxygens (including phenoxy) is 1. The monoisotopic (exact) mass is 374 g/mol. The van der Waals surface area contributed by atoms with Gasteiger partial charge in [0.1, 0.15) is 11.6 Å². The molecule has 0 aliphatic carbocycles. The van der Waals surface area contributed by atoms with Gasteiger partial charge in [-0.15, -0.1) is 0 Å². The van der Waals surface area contributed by atoms with E-state index in [0.29, 0.717) is 19.8 Å². The van der Waals surface area contributed by atoms with E-state index in [1.807, 2.05) is 24.3 Å². The first-order valence-corrected chi connectivity index (χ1v) is 9.30. The predicted octanol–water partition coefficient (Wildman–Crippen LogP) is 2.20. The molecule has 0 bridgehead atoms. The second-order valence-corrected chi connectivity index (χ2v) is 6.42. The molecule has 1 aromatic heterocycles. The normalized spacial score (nSPS) is 16.9. The molecule has 0 amide bonds. The first-order valence-electron chi connectivity index (χ1n) is 9.30. The van der Waals surface area contributed by atoms with E-state index in [1.54, 1.807) is 13.3 Å². The highest BCUT2D eigenvalue weighted by atomic mass is 19.1. The summed E-state index contributed by atoms with van der Waals surface area (Å²) < 4.78 is 24.1. The minimum Gasteiger partial charge on any atom is -0.469 e. The second kappa shape index (κ2) is 10.1. The first-order chi connectivity index (χ1) is 13.3. The summed E-state index contributed by atoms with van der Waals surface area (Å²) in [7, 11) is 1.75. The van der Waals surface area contributed by atoms with Gasteiger partial charge in [-0.3, -0.25) is 9.89 Å². The van der Waals surface area contributed by atoms with Crippen LogP contribution in [0.4, 0.5) is 4.39 Å².